The van der Waals surface area contributed by atoms with Crippen molar-refractivity contribution in [2.75, 3.05) is 0 Å². The zero-order valence-corrected chi connectivity index (χ0v) is 7.98. The van der Waals surface area contributed by atoms with Crippen molar-refractivity contribution in [3.05, 3.63) is 30.3 Å². The number of rotatable bonds is 4. The molecule has 66 valence electrons. The van der Waals surface area contributed by atoms with Crippen LogP contribution in [0.1, 0.15) is 19.8 Å². The number of halogens is 1. The Kier molecular flexibility index (Phi) is 4.15. The lowest BCUT2D eigenvalue weighted by atomic mass is 10.4. The van der Waals surface area contributed by atoms with Gasteiger partial charge < -0.3 is 0 Å². The van der Waals surface area contributed by atoms with Crippen LogP contribution in [0.15, 0.2) is 35.2 Å². The summed E-state index contributed by atoms with van der Waals surface area (Å²) in [6.45, 7) is 2.00. The molecular formula is C10H13FS. The van der Waals surface area contributed by atoms with Crippen LogP contribution in [0.2, 0.25) is 0 Å². The van der Waals surface area contributed by atoms with Gasteiger partial charge in [0, 0.05) is 4.90 Å². The third kappa shape index (κ3) is 3.26. The topological polar surface area (TPSA) is 0 Å². The predicted octanol–water partition coefficient (Wildman–Crippen LogP) is 3.87. The number of thioether (sulfide) groups is 1. The van der Waals surface area contributed by atoms with Gasteiger partial charge in [0.1, 0.15) is 5.50 Å². The quantitative estimate of drug-likeness (QED) is 0.640. The largest absolute Gasteiger partial charge is 0.235 e. The SMILES string of the molecule is CCCC(F)Sc1ccccc1. The number of benzene rings is 1. The molecule has 12 heavy (non-hydrogen) atoms. The summed E-state index contributed by atoms with van der Waals surface area (Å²) in [6, 6.07) is 9.68. The lowest BCUT2D eigenvalue weighted by Gasteiger charge is -2.05. The van der Waals surface area contributed by atoms with Crippen molar-refractivity contribution in [1.29, 1.82) is 0 Å². The molecule has 1 unspecified atom stereocenters. The van der Waals surface area contributed by atoms with Gasteiger partial charge in [-0.15, -0.1) is 0 Å². The van der Waals surface area contributed by atoms with E-state index in [2.05, 4.69) is 0 Å². The maximum atomic E-state index is 13.1. The van der Waals surface area contributed by atoms with Gasteiger partial charge in [-0.05, 0) is 18.6 Å². The third-order valence-electron chi connectivity index (χ3n) is 1.52. The standard InChI is InChI=1S/C10H13FS/c1-2-6-10(11)12-9-7-4-3-5-8-9/h3-5,7-8,10H,2,6H2,1H3. The highest BCUT2D eigenvalue weighted by Gasteiger charge is 2.05. The van der Waals surface area contributed by atoms with Gasteiger partial charge in [0.05, 0.1) is 0 Å². The molecule has 1 aromatic carbocycles. The Hall–Kier alpha value is -0.500. The number of hydrogen-bond acceptors (Lipinski definition) is 1. The van der Waals surface area contributed by atoms with Crippen molar-refractivity contribution >= 4 is 11.8 Å². The molecule has 0 aliphatic carbocycles. The lowest BCUT2D eigenvalue weighted by Crippen LogP contribution is -1.91. The highest BCUT2D eigenvalue weighted by Crippen LogP contribution is 2.26. The molecule has 0 radical (unpaired) electrons. The molecule has 2 heteroatoms. The summed E-state index contributed by atoms with van der Waals surface area (Å²) in [6.07, 6.45) is 1.54. The van der Waals surface area contributed by atoms with Gasteiger partial charge in [-0.1, -0.05) is 43.3 Å². The summed E-state index contributed by atoms with van der Waals surface area (Å²) in [4.78, 5) is 1.01. The molecule has 0 aliphatic heterocycles. The molecule has 0 bridgehead atoms. The first kappa shape index (κ1) is 9.59. The maximum Gasteiger partial charge on any atom is 0.150 e. The Bertz CT molecular complexity index is 210. The summed E-state index contributed by atoms with van der Waals surface area (Å²) in [5, 5.41) is 0. The van der Waals surface area contributed by atoms with Crippen LogP contribution in [0, 0.1) is 0 Å². The summed E-state index contributed by atoms with van der Waals surface area (Å²) >= 11 is 1.30. The van der Waals surface area contributed by atoms with Gasteiger partial charge in [0.2, 0.25) is 0 Å². The fourth-order valence-electron chi connectivity index (χ4n) is 0.933. The fraction of sp³-hybridized carbons (Fsp3) is 0.400. The Morgan fingerprint density at radius 1 is 1.33 bits per heavy atom. The summed E-state index contributed by atoms with van der Waals surface area (Å²) < 4.78 is 13.1. The Labute approximate surface area is 77.2 Å². The average molecular weight is 184 g/mol. The second-order valence-electron chi connectivity index (χ2n) is 2.63. The summed E-state index contributed by atoms with van der Waals surface area (Å²) in [5.74, 6) is 0. The molecule has 0 aliphatic rings. The highest BCUT2D eigenvalue weighted by atomic mass is 32.2. The van der Waals surface area contributed by atoms with E-state index in [4.69, 9.17) is 0 Å². The Morgan fingerprint density at radius 3 is 2.58 bits per heavy atom. The maximum absolute atomic E-state index is 13.1. The van der Waals surface area contributed by atoms with Gasteiger partial charge >= 0.3 is 0 Å². The fourth-order valence-corrected chi connectivity index (χ4v) is 1.90. The second kappa shape index (κ2) is 5.20. The van der Waals surface area contributed by atoms with Crippen LogP contribution < -0.4 is 0 Å². The molecular weight excluding hydrogens is 171 g/mol. The third-order valence-corrected chi connectivity index (χ3v) is 2.56. The van der Waals surface area contributed by atoms with Crippen LogP contribution >= 0.6 is 11.8 Å². The highest BCUT2D eigenvalue weighted by molar-refractivity contribution is 7.99. The van der Waals surface area contributed by atoms with E-state index in [1.165, 1.54) is 11.8 Å². The van der Waals surface area contributed by atoms with E-state index >= 15 is 0 Å². The zero-order chi connectivity index (χ0) is 8.81. The van der Waals surface area contributed by atoms with Gasteiger partial charge in [0.15, 0.2) is 0 Å². The van der Waals surface area contributed by atoms with Gasteiger partial charge in [0.25, 0.3) is 0 Å². The molecule has 1 aromatic rings. The van der Waals surface area contributed by atoms with Crippen LogP contribution in [0.4, 0.5) is 4.39 Å². The molecule has 0 N–H and O–H groups in total. The number of hydrogen-bond donors (Lipinski definition) is 0. The van der Waals surface area contributed by atoms with Gasteiger partial charge in [-0.2, -0.15) is 0 Å². The van der Waals surface area contributed by atoms with Crippen LogP contribution in [0.5, 0.6) is 0 Å². The summed E-state index contributed by atoms with van der Waals surface area (Å²) in [7, 11) is 0. The number of alkyl halides is 1. The molecule has 0 aromatic heterocycles. The van der Waals surface area contributed by atoms with Crippen molar-refractivity contribution in [2.24, 2.45) is 0 Å². The van der Waals surface area contributed by atoms with E-state index in [0.29, 0.717) is 6.42 Å². The van der Waals surface area contributed by atoms with Crippen molar-refractivity contribution in [2.45, 2.75) is 30.2 Å². The average Bonchev–Trinajstić information content (AvgIpc) is 2.06. The van der Waals surface area contributed by atoms with Crippen molar-refractivity contribution < 1.29 is 4.39 Å². The smallest absolute Gasteiger partial charge is 0.150 e. The first-order chi connectivity index (χ1) is 5.83. The Balaban J connectivity index is 2.41. The molecule has 0 saturated heterocycles. The lowest BCUT2D eigenvalue weighted by molar-refractivity contribution is 0.426. The Morgan fingerprint density at radius 2 is 2.00 bits per heavy atom. The van der Waals surface area contributed by atoms with Crippen LogP contribution in [-0.2, 0) is 0 Å². The first-order valence-corrected chi connectivity index (χ1v) is 5.06. The van der Waals surface area contributed by atoms with Crippen LogP contribution in [0.25, 0.3) is 0 Å². The molecule has 1 atom stereocenters. The minimum Gasteiger partial charge on any atom is -0.235 e. The van der Waals surface area contributed by atoms with Gasteiger partial charge in [-0.25, -0.2) is 4.39 Å². The molecule has 0 saturated carbocycles. The van der Waals surface area contributed by atoms with E-state index in [0.717, 1.165) is 11.3 Å². The van der Waals surface area contributed by atoms with E-state index in [9.17, 15) is 4.39 Å². The zero-order valence-electron chi connectivity index (χ0n) is 7.16. The van der Waals surface area contributed by atoms with Crippen LogP contribution in [-0.4, -0.2) is 5.50 Å². The monoisotopic (exact) mass is 184 g/mol. The normalized spacial score (nSPS) is 12.8. The minimum atomic E-state index is -0.752. The molecule has 0 nitrogen and oxygen atoms in total. The molecule has 0 spiro atoms. The molecule has 0 heterocycles. The molecule has 1 rings (SSSR count). The van der Waals surface area contributed by atoms with Crippen LogP contribution in [0.3, 0.4) is 0 Å². The van der Waals surface area contributed by atoms with E-state index in [-0.39, 0.29) is 0 Å². The molecule has 0 fully saturated rings. The van der Waals surface area contributed by atoms with Crippen molar-refractivity contribution in [1.82, 2.24) is 0 Å². The first-order valence-electron chi connectivity index (χ1n) is 4.18. The minimum absolute atomic E-state index is 0.638. The second-order valence-corrected chi connectivity index (χ2v) is 3.85. The van der Waals surface area contributed by atoms with E-state index in [1.807, 2.05) is 37.3 Å². The van der Waals surface area contributed by atoms with E-state index in [1.54, 1.807) is 0 Å². The predicted molar refractivity (Wildman–Crippen MR) is 52.1 cm³/mol. The molecule has 0 amide bonds. The summed E-state index contributed by atoms with van der Waals surface area (Å²) in [5.41, 5.74) is -0.752. The van der Waals surface area contributed by atoms with E-state index < -0.39 is 5.50 Å². The van der Waals surface area contributed by atoms with Crippen molar-refractivity contribution in [3.63, 3.8) is 0 Å². The van der Waals surface area contributed by atoms with Gasteiger partial charge in [-0.3, -0.25) is 0 Å². The van der Waals surface area contributed by atoms with Crippen molar-refractivity contribution in [3.8, 4) is 0 Å².